The van der Waals surface area contributed by atoms with E-state index in [2.05, 4.69) is 0 Å². The highest BCUT2D eigenvalue weighted by Crippen LogP contribution is 2.08. The van der Waals surface area contributed by atoms with Crippen molar-refractivity contribution in [1.29, 1.82) is 0 Å². The Morgan fingerprint density at radius 2 is 1.82 bits per heavy atom. The van der Waals surface area contributed by atoms with Gasteiger partial charge in [0.1, 0.15) is 12.1 Å². The number of ether oxygens (including phenoxy) is 1. The lowest BCUT2D eigenvalue weighted by Gasteiger charge is -2.23. The zero-order valence-electron chi connectivity index (χ0n) is 11.4. The Morgan fingerprint density at radius 3 is 2.24 bits per heavy atom. The van der Waals surface area contributed by atoms with Crippen molar-refractivity contribution in [3.05, 3.63) is 0 Å². The number of hydrogen-bond donors (Lipinski definition) is 0. The number of rotatable bonds is 6. The Labute approximate surface area is 103 Å². The maximum Gasteiger partial charge on any atom is 0.324 e. The van der Waals surface area contributed by atoms with Crippen LogP contribution in [0.2, 0.25) is 0 Å². The minimum absolute atomic E-state index is 0.0309. The number of carbonyl (C=O) groups excluding carboxylic acids is 2. The van der Waals surface area contributed by atoms with Gasteiger partial charge < -0.3 is 9.57 Å². The molecule has 0 unspecified atom stereocenters. The van der Waals surface area contributed by atoms with Gasteiger partial charge in [-0.05, 0) is 27.2 Å². The fraction of sp³-hybridized carbons (Fsp3) is 0.833. The second-order valence-corrected chi connectivity index (χ2v) is 4.89. The Hall–Kier alpha value is -1.10. The predicted molar refractivity (Wildman–Crippen MR) is 64.1 cm³/mol. The molecule has 0 bridgehead atoms. The van der Waals surface area contributed by atoms with Gasteiger partial charge in [0.05, 0.1) is 0 Å². The number of unbranched alkanes of at least 4 members (excludes halogenated alkanes) is 1. The van der Waals surface area contributed by atoms with Crippen LogP contribution in [0.5, 0.6) is 0 Å². The van der Waals surface area contributed by atoms with E-state index in [0.29, 0.717) is 6.54 Å². The van der Waals surface area contributed by atoms with Gasteiger partial charge >= 0.3 is 11.9 Å². The molecule has 0 spiro atoms. The van der Waals surface area contributed by atoms with Crippen LogP contribution in [0.4, 0.5) is 0 Å². The molecule has 0 aliphatic rings. The van der Waals surface area contributed by atoms with E-state index in [1.807, 2.05) is 6.92 Å². The highest BCUT2D eigenvalue weighted by Gasteiger charge is 2.20. The average Bonchev–Trinajstić information content (AvgIpc) is 2.09. The predicted octanol–water partition coefficient (Wildman–Crippen LogP) is 1.91. The van der Waals surface area contributed by atoms with E-state index in [0.717, 1.165) is 12.8 Å². The van der Waals surface area contributed by atoms with Gasteiger partial charge in [0, 0.05) is 13.5 Å². The zero-order valence-corrected chi connectivity index (χ0v) is 11.4. The van der Waals surface area contributed by atoms with E-state index in [4.69, 9.17) is 9.57 Å². The first-order valence-electron chi connectivity index (χ1n) is 5.90. The normalized spacial score (nSPS) is 11.4. The van der Waals surface area contributed by atoms with E-state index in [1.54, 1.807) is 20.8 Å². The summed E-state index contributed by atoms with van der Waals surface area (Å²) in [5, 5.41) is 1.35. The van der Waals surface area contributed by atoms with Gasteiger partial charge in [-0.3, -0.25) is 9.59 Å². The molecule has 0 aromatic rings. The third kappa shape index (κ3) is 9.81. The molecule has 0 amide bonds. The largest absolute Gasteiger partial charge is 0.459 e. The van der Waals surface area contributed by atoms with Crippen LogP contribution in [0.25, 0.3) is 0 Å². The molecule has 0 radical (unpaired) electrons. The highest BCUT2D eigenvalue weighted by molar-refractivity contribution is 5.72. The maximum atomic E-state index is 11.6. The first kappa shape index (κ1) is 15.9. The molecular formula is C12H23NO4. The van der Waals surface area contributed by atoms with Crippen LogP contribution in [0.3, 0.4) is 0 Å². The van der Waals surface area contributed by atoms with Gasteiger partial charge in [-0.1, -0.05) is 13.3 Å². The average molecular weight is 245 g/mol. The number of carbonyl (C=O) groups is 2. The van der Waals surface area contributed by atoms with Crippen molar-refractivity contribution in [3.63, 3.8) is 0 Å². The molecule has 0 heterocycles. The summed E-state index contributed by atoms with van der Waals surface area (Å²) in [5.41, 5.74) is -0.524. The number of hydroxylamine groups is 2. The van der Waals surface area contributed by atoms with Gasteiger partial charge in [-0.2, -0.15) is 0 Å². The molecule has 5 nitrogen and oxygen atoms in total. The van der Waals surface area contributed by atoms with Crippen molar-refractivity contribution >= 4 is 11.9 Å². The quantitative estimate of drug-likeness (QED) is 0.528. The molecule has 0 rings (SSSR count). The lowest BCUT2D eigenvalue weighted by molar-refractivity contribution is -0.195. The molecule has 100 valence electrons. The fourth-order valence-electron chi connectivity index (χ4n) is 1.19. The van der Waals surface area contributed by atoms with Crippen LogP contribution >= 0.6 is 0 Å². The standard InChI is InChI=1S/C12H23NO4/c1-6-7-8-13(17-10(2)14)9-11(15)16-12(3,4)5/h6-9H2,1-5H3. The topological polar surface area (TPSA) is 55.8 Å². The molecule has 0 N–H and O–H groups in total. The maximum absolute atomic E-state index is 11.6. The smallest absolute Gasteiger partial charge is 0.324 e. The number of nitrogens with zero attached hydrogens (tertiary/aromatic N) is 1. The van der Waals surface area contributed by atoms with Crippen molar-refractivity contribution < 1.29 is 19.2 Å². The lowest BCUT2D eigenvalue weighted by Crippen LogP contribution is -2.36. The summed E-state index contributed by atoms with van der Waals surface area (Å²) in [4.78, 5) is 27.4. The van der Waals surface area contributed by atoms with Crippen LogP contribution < -0.4 is 0 Å². The van der Waals surface area contributed by atoms with Crippen molar-refractivity contribution in [3.8, 4) is 0 Å². The molecule has 0 aromatic heterocycles. The molecule has 0 saturated heterocycles. The molecular weight excluding hydrogens is 222 g/mol. The minimum atomic E-state index is -0.524. The Kier molecular flexibility index (Phi) is 6.80. The third-order valence-electron chi connectivity index (χ3n) is 1.74. The van der Waals surface area contributed by atoms with Gasteiger partial charge in [0.15, 0.2) is 0 Å². The van der Waals surface area contributed by atoms with Gasteiger partial charge in [0.2, 0.25) is 0 Å². The third-order valence-corrected chi connectivity index (χ3v) is 1.74. The number of esters is 1. The molecule has 0 aliphatic heterocycles. The monoisotopic (exact) mass is 245 g/mol. The van der Waals surface area contributed by atoms with Crippen molar-refractivity contribution in [1.82, 2.24) is 5.06 Å². The SMILES string of the molecule is CCCCN(CC(=O)OC(C)(C)C)OC(C)=O. The molecule has 0 aliphatic carbocycles. The number of hydrogen-bond acceptors (Lipinski definition) is 5. The first-order chi connectivity index (χ1) is 7.74. The Morgan fingerprint density at radius 1 is 1.24 bits per heavy atom. The van der Waals surface area contributed by atoms with Crippen molar-refractivity contribution in [2.45, 2.75) is 53.1 Å². The summed E-state index contributed by atoms with van der Waals surface area (Å²) in [6, 6.07) is 0. The summed E-state index contributed by atoms with van der Waals surface area (Å²) < 4.78 is 5.16. The minimum Gasteiger partial charge on any atom is -0.459 e. The van der Waals surface area contributed by atoms with E-state index in [9.17, 15) is 9.59 Å². The van der Waals surface area contributed by atoms with E-state index >= 15 is 0 Å². The molecule has 17 heavy (non-hydrogen) atoms. The van der Waals surface area contributed by atoms with Crippen LogP contribution in [0.15, 0.2) is 0 Å². The van der Waals surface area contributed by atoms with Gasteiger partial charge in [-0.15, -0.1) is 5.06 Å². The lowest BCUT2D eigenvalue weighted by atomic mass is 10.2. The first-order valence-corrected chi connectivity index (χ1v) is 5.90. The Bertz CT molecular complexity index is 258. The highest BCUT2D eigenvalue weighted by atomic mass is 16.7. The Balaban J connectivity index is 4.21. The molecule has 5 heteroatoms. The summed E-state index contributed by atoms with van der Waals surface area (Å²) >= 11 is 0. The summed E-state index contributed by atoms with van der Waals surface area (Å²) in [6.07, 6.45) is 1.82. The van der Waals surface area contributed by atoms with E-state index in [1.165, 1.54) is 12.0 Å². The molecule has 0 fully saturated rings. The second kappa shape index (κ2) is 7.27. The summed E-state index contributed by atoms with van der Waals surface area (Å²) in [6.45, 7) is 9.24. The molecule has 0 saturated carbocycles. The zero-order chi connectivity index (χ0) is 13.5. The second-order valence-electron chi connectivity index (χ2n) is 4.89. The van der Waals surface area contributed by atoms with Crippen molar-refractivity contribution in [2.75, 3.05) is 13.1 Å². The van der Waals surface area contributed by atoms with Crippen LogP contribution in [0.1, 0.15) is 47.5 Å². The van der Waals surface area contributed by atoms with E-state index in [-0.39, 0.29) is 6.54 Å². The van der Waals surface area contributed by atoms with Gasteiger partial charge in [0.25, 0.3) is 0 Å². The molecule has 0 atom stereocenters. The van der Waals surface area contributed by atoms with Crippen LogP contribution in [0, 0.1) is 0 Å². The molecule has 0 aromatic carbocycles. The van der Waals surface area contributed by atoms with Crippen LogP contribution in [-0.4, -0.2) is 35.7 Å². The van der Waals surface area contributed by atoms with Gasteiger partial charge in [-0.25, -0.2) is 0 Å². The van der Waals surface area contributed by atoms with E-state index < -0.39 is 17.5 Å². The van der Waals surface area contributed by atoms with Crippen molar-refractivity contribution in [2.24, 2.45) is 0 Å². The fourth-order valence-corrected chi connectivity index (χ4v) is 1.19. The summed E-state index contributed by atoms with van der Waals surface area (Å²) in [5.74, 6) is -0.820. The summed E-state index contributed by atoms with van der Waals surface area (Å²) in [7, 11) is 0. The van der Waals surface area contributed by atoms with Crippen LogP contribution in [-0.2, 0) is 19.2 Å².